The van der Waals surface area contributed by atoms with Crippen molar-refractivity contribution < 1.29 is 4.42 Å². The quantitative estimate of drug-likeness (QED) is 0.152. The molecule has 332 valence electrons. The lowest BCUT2D eigenvalue weighted by molar-refractivity contribution is 0.620. The van der Waals surface area contributed by atoms with Crippen molar-refractivity contribution in [3.05, 3.63) is 243 Å². The minimum atomic E-state index is 0.618. The summed E-state index contributed by atoms with van der Waals surface area (Å²) in [6.45, 7) is 0. The molecule has 10 aromatic carbocycles. The van der Waals surface area contributed by atoms with Gasteiger partial charge in [-0.15, -0.1) is 0 Å². The molecule has 4 heterocycles. The van der Waals surface area contributed by atoms with E-state index >= 15 is 0 Å². The van der Waals surface area contributed by atoms with E-state index in [1.807, 2.05) is 103 Å². The largest absolute Gasteiger partial charge is 0.436 e. The maximum absolute atomic E-state index is 6.25. The highest BCUT2D eigenvalue weighted by molar-refractivity contribution is 6.23. The first-order chi connectivity index (χ1) is 35.2. The van der Waals surface area contributed by atoms with E-state index in [9.17, 15) is 0 Å². The summed E-state index contributed by atoms with van der Waals surface area (Å²) in [7, 11) is 0. The molecule has 4 aromatic heterocycles. The number of fused-ring (bicyclic) bond motifs is 8. The maximum Gasteiger partial charge on any atom is 0.227 e. The normalized spacial score (nSPS) is 11.7. The lowest BCUT2D eigenvalue weighted by Gasteiger charge is -2.14. The summed E-state index contributed by atoms with van der Waals surface area (Å²) in [4.78, 5) is 20.0. The zero-order valence-electron chi connectivity index (χ0n) is 38.2. The molecule has 0 bridgehead atoms. The van der Waals surface area contributed by atoms with Gasteiger partial charge in [0.2, 0.25) is 5.89 Å². The van der Waals surface area contributed by atoms with Crippen LogP contribution in [0.4, 0.5) is 0 Å². The average molecular weight is 909 g/mol. The monoisotopic (exact) mass is 908 g/mol. The fourth-order valence-corrected chi connectivity index (χ4v) is 10.3. The van der Waals surface area contributed by atoms with Crippen LogP contribution < -0.4 is 0 Å². The Bertz CT molecular complexity index is 4250. The molecule has 0 saturated heterocycles. The predicted molar refractivity (Wildman–Crippen MR) is 289 cm³/mol. The first kappa shape index (κ1) is 40.4. The van der Waals surface area contributed by atoms with Crippen LogP contribution in [-0.2, 0) is 0 Å². The van der Waals surface area contributed by atoms with Crippen LogP contribution in [0.3, 0.4) is 0 Å². The summed E-state index contributed by atoms with van der Waals surface area (Å²) in [6, 6.07) is 84.8. The summed E-state index contributed by atoms with van der Waals surface area (Å²) in [5.41, 5.74) is 16.4. The van der Waals surface area contributed by atoms with Crippen molar-refractivity contribution >= 4 is 54.7 Å². The number of para-hydroxylation sites is 3. The molecule has 0 amide bonds. The second-order valence-corrected chi connectivity index (χ2v) is 17.8. The minimum absolute atomic E-state index is 0.618. The first-order valence-corrected chi connectivity index (χ1v) is 23.8. The zero-order chi connectivity index (χ0) is 46.8. The molecule has 0 spiro atoms. The predicted octanol–water partition coefficient (Wildman–Crippen LogP) is 16.2. The Morgan fingerprint density at radius 2 is 0.732 bits per heavy atom. The van der Waals surface area contributed by atoms with Crippen molar-refractivity contribution in [2.75, 3.05) is 0 Å². The second-order valence-electron chi connectivity index (χ2n) is 17.8. The molecule has 0 fully saturated rings. The number of hydrogen-bond acceptors (Lipinski definition) is 5. The molecule has 7 nitrogen and oxygen atoms in total. The Labute approximate surface area is 408 Å². The zero-order valence-corrected chi connectivity index (χ0v) is 38.2. The molecular weight excluding hydrogens is 869 g/mol. The van der Waals surface area contributed by atoms with Crippen molar-refractivity contribution in [2.24, 2.45) is 0 Å². The molecule has 0 unspecified atom stereocenters. The Kier molecular flexibility index (Phi) is 9.38. The van der Waals surface area contributed by atoms with Crippen molar-refractivity contribution in [1.29, 1.82) is 0 Å². The molecule has 0 atom stereocenters. The van der Waals surface area contributed by atoms with Gasteiger partial charge in [-0.3, -0.25) is 0 Å². The molecule has 0 radical (unpaired) electrons. The molecule has 0 N–H and O–H groups in total. The molecule has 14 aromatic rings. The van der Waals surface area contributed by atoms with E-state index in [1.165, 1.54) is 21.5 Å². The lowest BCUT2D eigenvalue weighted by Crippen LogP contribution is -2.01. The van der Waals surface area contributed by atoms with Crippen LogP contribution in [0.2, 0.25) is 0 Å². The van der Waals surface area contributed by atoms with Crippen LogP contribution in [0.25, 0.3) is 134 Å². The second kappa shape index (κ2) is 16.5. The van der Waals surface area contributed by atoms with Gasteiger partial charge in [0, 0.05) is 60.7 Å². The van der Waals surface area contributed by atoms with Crippen molar-refractivity contribution in [3.63, 3.8) is 0 Å². The van der Waals surface area contributed by atoms with Gasteiger partial charge in [0.05, 0.1) is 22.1 Å². The van der Waals surface area contributed by atoms with Crippen molar-refractivity contribution in [1.82, 2.24) is 29.1 Å². The van der Waals surface area contributed by atoms with Crippen LogP contribution in [0.15, 0.2) is 247 Å². The van der Waals surface area contributed by atoms with Crippen molar-refractivity contribution in [3.8, 4) is 79.2 Å². The van der Waals surface area contributed by atoms with Gasteiger partial charge in [-0.2, -0.15) is 0 Å². The van der Waals surface area contributed by atoms with E-state index in [0.717, 1.165) is 89.0 Å². The summed E-state index contributed by atoms with van der Waals surface area (Å²) in [6.07, 6.45) is 0. The van der Waals surface area contributed by atoms with Crippen LogP contribution in [0.5, 0.6) is 0 Å². The molecule has 7 heteroatoms. The van der Waals surface area contributed by atoms with E-state index in [4.69, 9.17) is 24.4 Å². The number of benzene rings is 10. The van der Waals surface area contributed by atoms with Gasteiger partial charge in [-0.25, -0.2) is 19.9 Å². The highest BCUT2D eigenvalue weighted by Crippen LogP contribution is 2.42. The van der Waals surface area contributed by atoms with E-state index in [-0.39, 0.29) is 0 Å². The maximum atomic E-state index is 6.25. The standard InChI is InChI=1S/C64H40N6O/c1-4-16-42(17-5-1)61-66-62(43-18-6-2-7-19-43)68-63(67-61)44-32-36-49(37-33-44)70-56-28-13-11-25-52(56)54-39-38-53-51-24-10-12-27-55(51)69(59(53)60(54)70)48-34-30-41(31-35-48)46-22-14-23-47(40-46)50-26-15-29-57-58(50)65-64(71-57)45-20-8-3-9-21-45/h1-40H. The SMILES string of the molecule is c1ccc(-c2nc(-c3ccccc3)nc(-c3ccc(-n4c5ccccc5c5ccc6c7ccccc7n(-c7ccc(-c8cccc(-c9cccc%10oc(-c%11ccccc%11)nc9%10)c8)cc7)c6c54)cc3)n2)cc1. The topological polar surface area (TPSA) is 74.6 Å². The number of aromatic nitrogens is 6. The summed E-state index contributed by atoms with van der Waals surface area (Å²) >= 11 is 0. The minimum Gasteiger partial charge on any atom is -0.436 e. The molecule has 71 heavy (non-hydrogen) atoms. The van der Waals surface area contributed by atoms with E-state index in [2.05, 4.69) is 149 Å². The van der Waals surface area contributed by atoms with Gasteiger partial charge in [-0.1, -0.05) is 170 Å². The van der Waals surface area contributed by atoms with E-state index in [0.29, 0.717) is 23.4 Å². The highest BCUT2D eigenvalue weighted by atomic mass is 16.3. The Hall–Kier alpha value is -9.72. The molecular formula is C64H40N6O. The van der Waals surface area contributed by atoms with Crippen LogP contribution in [0, 0.1) is 0 Å². The van der Waals surface area contributed by atoms with Crippen LogP contribution in [0.1, 0.15) is 0 Å². The molecule has 0 aliphatic rings. The fourth-order valence-electron chi connectivity index (χ4n) is 10.3. The average Bonchev–Trinajstić information content (AvgIpc) is 4.15. The van der Waals surface area contributed by atoms with Gasteiger partial charge in [0.25, 0.3) is 0 Å². The van der Waals surface area contributed by atoms with Gasteiger partial charge in [-0.05, 0) is 89.5 Å². The Balaban J connectivity index is 0.890. The van der Waals surface area contributed by atoms with E-state index in [1.54, 1.807) is 0 Å². The van der Waals surface area contributed by atoms with Gasteiger partial charge in [0.1, 0.15) is 5.52 Å². The third kappa shape index (κ3) is 6.82. The molecule has 0 aliphatic carbocycles. The Morgan fingerprint density at radius 3 is 1.28 bits per heavy atom. The molecule has 0 saturated carbocycles. The highest BCUT2D eigenvalue weighted by Gasteiger charge is 2.22. The summed E-state index contributed by atoms with van der Waals surface area (Å²) in [5.74, 6) is 2.51. The number of hydrogen-bond donors (Lipinski definition) is 0. The Morgan fingerprint density at radius 1 is 0.296 bits per heavy atom. The first-order valence-electron chi connectivity index (χ1n) is 23.8. The van der Waals surface area contributed by atoms with Gasteiger partial charge in [0.15, 0.2) is 23.1 Å². The summed E-state index contributed by atoms with van der Waals surface area (Å²) in [5, 5.41) is 4.76. The van der Waals surface area contributed by atoms with Gasteiger partial charge < -0.3 is 13.6 Å². The number of oxazole rings is 1. The number of nitrogens with zero attached hydrogens (tertiary/aromatic N) is 6. The molecule has 0 aliphatic heterocycles. The van der Waals surface area contributed by atoms with Crippen LogP contribution >= 0.6 is 0 Å². The van der Waals surface area contributed by atoms with Crippen molar-refractivity contribution in [2.45, 2.75) is 0 Å². The van der Waals surface area contributed by atoms with Crippen LogP contribution in [-0.4, -0.2) is 29.1 Å². The van der Waals surface area contributed by atoms with Gasteiger partial charge >= 0.3 is 0 Å². The third-order valence-corrected chi connectivity index (χ3v) is 13.6. The smallest absolute Gasteiger partial charge is 0.227 e. The lowest BCUT2D eigenvalue weighted by atomic mass is 9.98. The third-order valence-electron chi connectivity index (χ3n) is 13.6. The molecule has 14 rings (SSSR count). The fraction of sp³-hybridized carbons (Fsp3) is 0. The summed E-state index contributed by atoms with van der Waals surface area (Å²) < 4.78 is 11.1. The number of rotatable bonds is 8. The van der Waals surface area contributed by atoms with E-state index < -0.39 is 0 Å².